The summed E-state index contributed by atoms with van der Waals surface area (Å²) in [6.07, 6.45) is 0. The number of hydrogen-bond donors (Lipinski definition) is 1. The predicted molar refractivity (Wildman–Crippen MR) is 82.4 cm³/mol. The highest BCUT2D eigenvalue weighted by Gasteiger charge is 2.15. The lowest BCUT2D eigenvalue weighted by atomic mass is 10.2. The summed E-state index contributed by atoms with van der Waals surface area (Å²) in [7, 11) is 0. The van der Waals surface area contributed by atoms with E-state index in [1.807, 2.05) is 6.92 Å². The molecule has 0 radical (unpaired) electrons. The monoisotopic (exact) mass is 327 g/mol. The minimum absolute atomic E-state index is 0.208. The van der Waals surface area contributed by atoms with E-state index in [4.69, 9.17) is 11.6 Å². The molecule has 21 heavy (non-hydrogen) atoms. The van der Waals surface area contributed by atoms with E-state index in [1.54, 1.807) is 30.3 Å². The fraction of sp³-hybridized carbons (Fsp3) is 0.133. The second kappa shape index (κ2) is 6.91. The molecule has 6 heteroatoms. The van der Waals surface area contributed by atoms with Gasteiger partial charge >= 0.3 is 0 Å². The fourth-order valence-corrected chi connectivity index (χ4v) is 2.54. The molecule has 2 rings (SSSR count). The van der Waals surface area contributed by atoms with E-state index in [0.717, 1.165) is 5.56 Å². The lowest BCUT2D eigenvalue weighted by molar-refractivity contribution is 0.102. The molecular weight excluding hydrogens is 316 g/mol. The van der Waals surface area contributed by atoms with Gasteiger partial charge in [-0.25, -0.2) is 0 Å². The van der Waals surface area contributed by atoms with Crippen molar-refractivity contribution < 1.29 is 13.6 Å². The summed E-state index contributed by atoms with van der Waals surface area (Å²) in [5.74, 6) is -3.02. The number of carbonyl (C=O) groups is 1. The maximum atomic E-state index is 12.5. The molecule has 1 amide bonds. The standard InChI is InChI=1S/C15H12ClF2NOS/c1-9-6-7-10(8-12(9)16)19-14(20)11-4-2-3-5-13(11)21-15(17)18/h2-8,15H,1H3,(H,19,20). The Morgan fingerprint density at radius 1 is 1.24 bits per heavy atom. The highest BCUT2D eigenvalue weighted by atomic mass is 35.5. The number of alkyl halides is 2. The summed E-state index contributed by atoms with van der Waals surface area (Å²) in [5.41, 5.74) is 1.62. The molecule has 0 aromatic heterocycles. The first kappa shape index (κ1) is 15.8. The Balaban J connectivity index is 2.22. The average Bonchev–Trinajstić information content (AvgIpc) is 2.43. The molecule has 2 nitrogen and oxygen atoms in total. The number of nitrogens with one attached hydrogen (secondary N) is 1. The molecule has 0 heterocycles. The summed E-state index contributed by atoms with van der Waals surface area (Å²) in [6.45, 7) is 1.85. The Bertz CT molecular complexity index is 664. The first-order valence-electron chi connectivity index (χ1n) is 6.08. The highest BCUT2D eigenvalue weighted by molar-refractivity contribution is 7.99. The second-order valence-corrected chi connectivity index (χ2v) is 5.73. The van der Waals surface area contributed by atoms with Gasteiger partial charge in [0.2, 0.25) is 0 Å². The van der Waals surface area contributed by atoms with Crippen LogP contribution in [0.15, 0.2) is 47.4 Å². The molecule has 0 aliphatic carbocycles. The van der Waals surface area contributed by atoms with E-state index in [0.29, 0.717) is 22.5 Å². The zero-order chi connectivity index (χ0) is 15.4. The maximum absolute atomic E-state index is 12.5. The van der Waals surface area contributed by atoms with Gasteiger partial charge in [-0.2, -0.15) is 8.78 Å². The first-order valence-corrected chi connectivity index (χ1v) is 7.34. The van der Waals surface area contributed by atoms with Crippen LogP contribution >= 0.6 is 23.4 Å². The minimum atomic E-state index is -2.58. The third-order valence-corrected chi connectivity index (χ3v) is 3.97. The molecule has 0 saturated heterocycles. The summed E-state index contributed by atoms with van der Waals surface area (Å²) in [5, 5.41) is 3.19. The molecule has 0 unspecified atom stereocenters. The number of aryl methyl sites for hydroxylation is 1. The normalized spacial score (nSPS) is 10.7. The third-order valence-electron chi connectivity index (χ3n) is 2.78. The first-order chi connectivity index (χ1) is 9.97. The van der Waals surface area contributed by atoms with E-state index in [2.05, 4.69) is 5.32 Å². The van der Waals surface area contributed by atoms with E-state index in [1.165, 1.54) is 12.1 Å². The van der Waals surface area contributed by atoms with Crippen LogP contribution in [-0.2, 0) is 0 Å². The van der Waals surface area contributed by atoms with Crippen LogP contribution in [0.4, 0.5) is 14.5 Å². The second-order valence-electron chi connectivity index (χ2n) is 4.29. The number of benzene rings is 2. The molecule has 0 bridgehead atoms. The smallest absolute Gasteiger partial charge is 0.288 e. The van der Waals surface area contributed by atoms with E-state index in [9.17, 15) is 13.6 Å². The van der Waals surface area contributed by atoms with Crippen LogP contribution in [0.2, 0.25) is 5.02 Å². The molecule has 0 atom stereocenters. The van der Waals surface area contributed by atoms with Crippen molar-refractivity contribution in [3.05, 3.63) is 58.6 Å². The van der Waals surface area contributed by atoms with Crippen LogP contribution in [0.5, 0.6) is 0 Å². The molecule has 1 N–H and O–H groups in total. The average molecular weight is 328 g/mol. The lowest BCUT2D eigenvalue weighted by Crippen LogP contribution is -2.13. The lowest BCUT2D eigenvalue weighted by Gasteiger charge is -2.10. The number of carbonyl (C=O) groups excluding carboxylic acids is 1. The topological polar surface area (TPSA) is 29.1 Å². The van der Waals surface area contributed by atoms with Crippen LogP contribution in [0.1, 0.15) is 15.9 Å². The van der Waals surface area contributed by atoms with Gasteiger partial charge in [0.15, 0.2) is 0 Å². The zero-order valence-electron chi connectivity index (χ0n) is 11.1. The van der Waals surface area contributed by atoms with E-state index >= 15 is 0 Å². The minimum Gasteiger partial charge on any atom is -0.322 e. The van der Waals surface area contributed by atoms with Gasteiger partial charge in [0.25, 0.3) is 11.7 Å². The molecule has 0 spiro atoms. The number of thioether (sulfide) groups is 1. The fourth-order valence-electron chi connectivity index (χ4n) is 1.72. The zero-order valence-corrected chi connectivity index (χ0v) is 12.6. The van der Waals surface area contributed by atoms with Crippen molar-refractivity contribution >= 4 is 35.0 Å². The molecule has 0 saturated carbocycles. The van der Waals surface area contributed by atoms with Crippen molar-refractivity contribution in [2.24, 2.45) is 0 Å². The van der Waals surface area contributed by atoms with Crippen molar-refractivity contribution in [1.29, 1.82) is 0 Å². The van der Waals surface area contributed by atoms with Crippen molar-refractivity contribution in [3.63, 3.8) is 0 Å². The number of halogens is 3. The summed E-state index contributed by atoms with van der Waals surface area (Å²) >= 11 is 6.34. The van der Waals surface area contributed by atoms with Crippen molar-refractivity contribution in [2.75, 3.05) is 5.32 Å². The van der Waals surface area contributed by atoms with Gasteiger partial charge in [-0.3, -0.25) is 4.79 Å². The Morgan fingerprint density at radius 3 is 2.62 bits per heavy atom. The quantitative estimate of drug-likeness (QED) is 0.780. The molecule has 0 fully saturated rings. The number of amides is 1. The van der Waals surface area contributed by atoms with Crippen LogP contribution < -0.4 is 5.32 Å². The van der Waals surface area contributed by atoms with Gasteiger partial charge in [0, 0.05) is 15.6 Å². The van der Waals surface area contributed by atoms with Gasteiger partial charge < -0.3 is 5.32 Å². The Morgan fingerprint density at radius 2 is 1.95 bits per heavy atom. The third kappa shape index (κ3) is 4.19. The predicted octanol–water partition coefficient (Wildman–Crippen LogP) is 5.22. The van der Waals surface area contributed by atoms with Gasteiger partial charge in [-0.15, -0.1) is 0 Å². The SMILES string of the molecule is Cc1ccc(NC(=O)c2ccccc2SC(F)F)cc1Cl. The van der Waals surface area contributed by atoms with E-state index in [-0.39, 0.29) is 10.5 Å². The van der Waals surface area contributed by atoms with E-state index < -0.39 is 11.7 Å². The van der Waals surface area contributed by atoms with Gasteiger partial charge in [0.1, 0.15) is 0 Å². The largest absolute Gasteiger partial charge is 0.322 e. The molecule has 2 aromatic rings. The van der Waals surface area contributed by atoms with Crippen molar-refractivity contribution in [1.82, 2.24) is 0 Å². The number of anilines is 1. The summed E-state index contributed by atoms with van der Waals surface area (Å²) in [4.78, 5) is 12.4. The summed E-state index contributed by atoms with van der Waals surface area (Å²) < 4.78 is 25.0. The molecule has 2 aromatic carbocycles. The Labute approximate surface area is 130 Å². The molecule has 0 aliphatic heterocycles. The maximum Gasteiger partial charge on any atom is 0.288 e. The molecule has 110 valence electrons. The molecule has 0 aliphatic rings. The van der Waals surface area contributed by atoms with Crippen LogP contribution in [0.3, 0.4) is 0 Å². The molecular formula is C15H12ClF2NOS. The Hall–Kier alpha value is -1.59. The van der Waals surface area contributed by atoms with Gasteiger partial charge in [-0.1, -0.05) is 41.6 Å². The number of rotatable bonds is 4. The van der Waals surface area contributed by atoms with Gasteiger partial charge in [-0.05, 0) is 36.8 Å². The summed E-state index contributed by atoms with van der Waals surface area (Å²) in [6, 6.07) is 11.4. The van der Waals surface area contributed by atoms with Crippen LogP contribution in [0.25, 0.3) is 0 Å². The Kier molecular flexibility index (Phi) is 5.20. The van der Waals surface area contributed by atoms with Gasteiger partial charge in [0.05, 0.1) is 5.56 Å². The van der Waals surface area contributed by atoms with Crippen molar-refractivity contribution in [3.8, 4) is 0 Å². The van der Waals surface area contributed by atoms with Crippen LogP contribution in [-0.4, -0.2) is 11.7 Å². The van der Waals surface area contributed by atoms with Crippen LogP contribution in [0, 0.1) is 6.92 Å². The highest BCUT2D eigenvalue weighted by Crippen LogP contribution is 2.29. The number of hydrogen-bond acceptors (Lipinski definition) is 2. The van der Waals surface area contributed by atoms with Crippen molar-refractivity contribution in [2.45, 2.75) is 17.6 Å².